The van der Waals surface area contributed by atoms with Crippen LogP contribution in [0, 0.1) is 5.92 Å². The first-order valence-electron chi connectivity index (χ1n) is 7.83. The average Bonchev–Trinajstić information content (AvgIpc) is 2.55. The lowest BCUT2D eigenvalue weighted by Crippen LogP contribution is -2.45. The Kier molecular flexibility index (Phi) is 4.07. The summed E-state index contributed by atoms with van der Waals surface area (Å²) in [5.41, 5.74) is 2.23. The standard InChI is InChI=1S/C17H20N2O4/c1-18-6-4-12(9-15(18)20)16(21)19-7-5-11-2-3-13(17(22)23)8-14(11)10-19/h2-3,8,12H,4-7,9-10H2,1H3,(H,22,23). The largest absolute Gasteiger partial charge is 0.478 e. The van der Waals surface area contributed by atoms with Crippen molar-refractivity contribution < 1.29 is 19.5 Å². The Hall–Kier alpha value is -2.37. The van der Waals surface area contributed by atoms with Crippen LogP contribution in [0.5, 0.6) is 0 Å². The van der Waals surface area contributed by atoms with Crippen LogP contribution in [0.15, 0.2) is 18.2 Å². The van der Waals surface area contributed by atoms with Crippen LogP contribution in [0.3, 0.4) is 0 Å². The van der Waals surface area contributed by atoms with E-state index in [1.54, 1.807) is 29.0 Å². The Morgan fingerprint density at radius 3 is 2.70 bits per heavy atom. The number of benzene rings is 1. The van der Waals surface area contributed by atoms with Crippen molar-refractivity contribution in [3.63, 3.8) is 0 Å². The Labute approximate surface area is 134 Å². The highest BCUT2D eigenvalue weighted by Gasteiger charge is 2.32. The number of aromatic carboxylic acids is 1. The lowest BCUT2D eigenvalue weighted by molar-refractivity contribution is -0.145. The van der Waals surface area contributed by atoms with Crippen molar-refractivity contribution in [2.75, 3.05) is 20.1 Å². The fourth-order valence-corrected chi connectivity index (χ4v) is 3.29. The fourth-order valence-electron chi connectivity index (χ4n) is 3.29. The molecule has 23 heavy (non-hydrogen) atoms. The van der Waals surface area contributed by atoms with Gasteiger partial charge in [0, 0.05) is 39.0 Å². The first kappa shape index (κ1) is 15.5. The van der Waals surface area contributed by atoms with Crippen molar-refractivity contribution in [2.45, 2.75) is 25.8 Å². The molecule has 0 aromatic heterocycles. The number of hydrogen-bond acceptors (Lipinski definition) is 3. The number of rotatable bonds is 2. The van der Waals surface area contributed by atoms with Crippen molar-refractivity contribution in [1.29, 1.82) is 0 Å². The van der Waals surface area contributed by atoms with Gasteiger partial charge in [0.15, 0.2) is 0 Å². The van der Waals surface area contributed by atoms with E-state index in [0.717, 1.165) is 17.5 Å². The van der Waals surface area contributed by atoms with Crippen LogP contribution in [0.1, 0.15) is 34.3 Å². The quantitative estimate of drug-likeness (QED) is 0.887. The Balaban J connectivity index is 1.73. The summed E-state index contributed by atoms with van der Waals surface area (Å²) < 4.78 is 0. The normalized spacial score (nSPS) is 21.1. The maximum absolute atomic E-state index is 12.7. The van der Waals surface area contributed by atoms with Crippen molar-refractivity contribution in [3.8, 4) is 0 Å². The number of hydrogen-bond donors (Lipinski definition) is 1. The number of piperidine rings is 1. The molecule has 0 bridgehead atoms. The molecule has 3 rings (SSSR count). The first-order valence-corrected chi connectivity index (χ1v) is 7.83. The zero-order valence-electron chi connectivity index (χ0n) is 13.1. The van der Waals surface area contributed by atoms with Gasteiger partial charge in [-0.25, -0.2) is 4.79 Å². The number of likely N-dealkylation sites (tertiary alicyclic amines) is 1. The summed E-state index contributed by atoms with van der Waals surface area (Å²) in [4.78, 5) is 39.0. The van der Waals surface area contributed by atoms with Crippen molar-refractivity contribution in [2.24, 2.45) is 5.92 Å². The predicted molar refractivity (Wildman–Crippen MR) is 82.9 cm³/mol. The molecule has 2 heterocycles. The molecule has 1 unspecified atom stereocenters. The van der Waals surface area contributed by atoms with E-state index in [-0.39, 0.29) is 29.7 Å². The topological polar surface area (TPSA) is 77.9 Å². The summed E-state index contributed by atoms with van der Waals surface area (Å²) in [7, 11) is 1.76. The monoisotopic (exact) mass is 316 g/mol. The van der Waals surface area contributed by atoms with Gasteiger partial charge in [0.25, 0.3) is 0 Å². The molecular formula is C17H20N2O4. The molecule has 1 aromatic rings. The van der Waals surface area contributed by atoms with Crippen molar-refractivity contribution >= 4 is 17.8 Å². The minimum atomic E-state index is -0.961. The van der Waals surface area contributed by atoms with Gasteiger partial charge in [0.05, 0.1) is 5.56 Å². The smallest absolute Gasteiger partial charge is 0.335 e. The van der Waals surface area contributed by atoms with Crippen LogP contribution in [0.25, 0.3) is 0 Å². The van der Waals surface area contributed by atoms with E-state index in [0.29, 0.717) is 26.1 Å². The zero-order chi connectivity index (χ0) is 16.6. The maximum atomic E-state index is 12.7. The van der Waals surface area contributed by atoms with E-state index < -0.39 is 5.97 Å². The van der Waals surface area contributed by atoms with Gasteiger partial charge in [-0.3, -0.25) is 9.59 Å². The van der Waals surface area contributed by atoms with E-state index in [2.05, 4.69) is 0 Å². The van der Waals surface area contributed by atoms with Gasteiger partial charge in [-0.05, 0) is 36.1 Å². The number of carboxylic acid groups (broad SMARTS) is 1. The molecular weight excluding hydrogens is 296 g/mol. The number of carbonyl (C=O) groups excluding carboxylic acids is 2. The maximum Gasteiger partial charge on any atom is 0.335 e. The van der Waals surface area contributed by atoms with Gasteiger partial charge < -0.3 is 14.9 Å². The zero-order valence-corrected chi connectivity index (χ0v) is 13.1. The summed E-state index contributed by atoms with van der Waals surface area (Å²) in [6.45, 7) is 1.66. The number of carbonyl (C=O) groups is 3. The lowest BCUT2D eigenvalue weighted by atomic mass is 9.92. The van der Waals surface area contributed by atoms with Crippen LogP contribution >= 0.6 is 0 Å². The molecule has 6 heteroatoms. The van der Waals surface area contributed by atoms with E-state index in [1.807, 2.05) is 6.07 Å². The summed E-state index contributed by atoms with van der Waals surface area (Å²) in [5.74, 6) is -1.18. The lowest BCUT2D eigenvalue weighted by Gasteiger charge is -2.34. The van der Waals surface area contributed by atoms with Gasteiger partial charge in [0.1, 0.15) is 0 Å². The number of amides is 2. The molecule has 122 valence electrons. The number of carboxylic acids is 1. The molecule has 2 aliphatic heterocycles. The number of fused-ring (bicyclic) bond motifs is 1. The highest BCUT2D eigenvalue weighted by atomic mass is 16.4. The third-order valence-electron chi connectivity index (χ3n) is 4.79. The predicted octanol–water partition coefficient (Wildman–Crippen LogP) is 1.14. The van der Waals surface area contributed by atoms with Crippen molar-refractivity contribution in [3.05, 3.63) is 34.9 Å². The Bertz CT molecular complexity index is 671. The molecule has 0 saturated carbocycles. The van der Waals surface area contributed by atoms with Gasteiger partial charge >= 0.3 is 5.97 Å². The van der Waals surface area contributed by atoms with E-state index in [4.69, 9.17) is 5.11 Å². The second kappa shape index (κ2) is 6.02. The minimum absolute atomic E-state index is 0.0119. The highest BCUT2D eigenvalue weighted by Crippen LogP contribution is 2.25. The molecule has 2 amide bonds. The van der Waals surface area contributed by atoms with Crippen LogP contribution in [-0.4, -0.2) is 52.8 Å². The van der Waals surface area contributed by atoms with Crippen LogP contribution < -0.4 is 0 Å². The summed E-state index contributed by atoms with van der Waals surface area (Å²) in [6.07, 6.45) is 1.69. The molecule has 1 fully saturated rings. The molecule has 0 radical (unpaired) electrons. The van der Waals surface area contributed by atoms with E-state index in [1.165, 1.54) is 0 Å². The molecule has 1 aromatic carbocycles. The third-order valence-corrected chi connectivity index (χ3v) is 4.79. The molecule has 0 spiro atoms. The molecule has 6 nitrogen and oxygen atoms in total. The highest BCUT2D eigenvalue weighted by molar-refractivity contribution is 5.88. The van der Waals surface area contributed by atoms with Crippen LogP contribution in [0.2, 0.25) is 0 Å². The van der Waals surface area contributed by atoms with Gasteiger partial charge in [-0.15, -0.1) is 0 Å². The Morgan fingerprint density at radius 2 is 2.00 bits per heavy atom. The van der Waals surface area contributed by atoms with Gasteiger partial charge in [-0.1, -0.05) is 6.07 Å². The molecule has 1 saturated heterocycles. The van der Waals surface area contributed by atoms with Crippen LogP contribution in [-0.2, 0) is 22.6 Å². The summed E-state index contributed by atoms with van der Waals surface area (Å²) in [6, 6.07) is 5.09. The van der Waals surface area contributed by atoms with Crippen molar-refractivity contribution in [1.82, 2.24) is 9.80 Å². The van der Waals surface area contributed by atoms with Gasteiger partial charge in [0.2, 0.25) is 11.8 Å². The second-order valence-corrected chi connectivity index (χ2v) is 6.30. The Morgan fingerprint density at radius 1 is 1.22 bits per heavy atom. The molecule has 0 aliphatic carbocycles. The third kappa shape index (κ3) is 3.06. The minimum Gasteiger partial charge on any atom is -0.478 e. The summed E-state index contributed by atoms with van der Waals surface area (Å²) in [5, 5.41) is 9.10. The molecule has 2 aliphatic rings. The number of nitrogens with zero attached hydrogens (tertiary/aromatic N) is 2. The van der Waals surface area contributed by atoms with Crippen LogP contribution in [0.4, 0.5) is 0 Å². The fraction of sp³-hybridized carbons (Fsp3) is 0.471. The second-order valence-electron chi connectivity index (χ2n) is 6.30. The van der Waals surface area contributed by atoms with E-state index in [9.17, 15) is 14.4 Å². The van der Waals surface area contributed by atoms with E-state index >= 15 is 0 Å². The first-order chi connectivity index (χ1) is 11.0. The molecule has 1 atom stereocenters. The van der Waals surface area contributed by atoms with Gasteiger partial charge in [-0.2, -0.15) is 0 Å². The molecule has 1 N–H and O–H groups in total. The average molecular weight is 316 g/mol. The summed E-state index contributed by atoms with van der Waals surface area (Å²) >= 11 is 0. The SMILES string of the molecule is CN1CCC(C(=O)N2CCc3ccc(C(=O)O)cc3C2)CC1=O.